The van der Waals surface area contributed by atoms with Crippen LogP contribution in [0.25, 0.3) is 22.4 Å². The van der Waals surface area contributed by atoms with Gasteiger partial charge in [0.25, 0.3) is 5.91 Å². The number of carbonyl (C=O) groups is 4. The number of imidazole rings is 1. The van der Waals surface area contributed by atoms with E-state index < -0.39 is 47.4 Å². The lowest BCUT2D eigenvalue weighted by atomic mass is 10.00. The average Bonchev–Trinajstić information content (AvgIpc) is 3.56. The van der Waals surface area contributed by atoms with Crippen LogP contribution in [-0.4, -0.2) is 116 Å². The Morgan fingerprint density at radius 3 is 2.31 bits per heavy atom. The molecule has 1 saturated carbocycles. The average molecular weight is 907 g/mol. The number of pyridine rings is 1. The van der Waals surface area contributed by atoms with Crippen LogP contribution in [-0.2, 0) is 25.5 Å². The maximum atomic E-state index is 13.8. The zero-order valence-corrected chi connectivity index (χ0v) is 37.5. The van der Waals surface area contributed by atoms with Gasteiger partial charge in [-0.1, -0.05) is 63.1 Å². The van der Waals surface area contributed by atoms with Gasteiger partial charge in [-0.3, -0.25) is 14.4 Å². The van der Waals surface area contributed by atoms with Crippen molar-refractivity contribution in [2.24, 2.45) is 17.3 Å². The number of alkyl carbamates (subject to hydrolysis) is 1. The van der Waals surface area contributed by atoms with E-state index in [1.807, 2.05) is 11.8 Å². The van der Waals surface area contributed by atoms with Gasteiger partial charge < -0.3 is 44.3 Å². The Balaban J connectivity index is 1.03. The summed E-state index contributed by atoms with van der Waals surface area (Å²) in [6.45, 7) is 11.8. The van der Waals surface area contributed by atoms with Crippen molar-refractivity contribution in [2.45, 2.75) is 77.2 Å². The quantitative estimate of drug-likeness (QED) is 0.128. The minimum Gasteiger partial charge on any atom is -0.616 e. The molecule has 3 N–H and O–H groups in total. The minimum atomic E-state index is -5.05. The standard InChI is InChI=1S/C45H53F3N8O7S/c1-25(2)38(53-43(60)62-6)42(59)56-24-31(64(7)61)19-35(56)39-50-22-34(52-39)28-10-8-27(9-11-28)32-14-12-29(18-36(32)63-45(46,47)48)40(57)51-30-13-15-37(49-21-30)55-17-16-54(23-26(55)3)41(58)33-20-44(33,4)5/h8-15,18,21-22,25-26,31,33,35,38H,16-17,19-20,23-24H2,1-7H3,(H,50,52)(H,51,57)(H,53,60)/t26-,31+,33-,35+,38+,64?/m1/s1. The van der Waals surface area contributed by atoms with Gasteiger partial charge in [0.1, 0.15) is 28.7 Å². The van der Waals surface area contributed by atoms with E-state index in [9.17, 15) is 36.9 Å². The fourth-order valence-electron chi connectivity index (χ4n) is 8.45. The molecule has 0 spiro atoms. The molecule has 3 aliphatic rings. The van der Waals surface area contributed by atoms with Gasteiger partial charge in [0, 0.05) is 60.9 Å². The van der Waals surface area contributed by atoms with Gasteiger partial charge in [-0.2, -0.15) is 0 Å². The van der Waals surface area contributed by atoms with Gasteiger partial charge in [-0.05, 0) is 60.6 Å². The lowest BCUT2D eigenvalue weighted by Crippen LogP contribution is -2.54. The van der Waals surface area contributed by atoms with Crippen molar-refractivity contribution in [1.82, 2.24) is 30.1 Å². The molecule has 2 saturated heterocycles. The maximum Gasteiger partial charge on any atom is 0.573 e. The normalized spacial score (nSPS) is 21.6. The van der Waals surface area contributed by atoms with E-state index in [0.29, 0.717) is 60.2 Å². The number of aromatic nitrogens is 3. The van der Waals surface area contributed by atoms with Gasteiger partial charge in [-0.25, -0.2) is 14.8 Å². The van der Waals surface area contributed by atoms with Gasteiger partial charge in [0.05, 0.1) is 43.5 Å². The second-order valence-electron chi connectivity index (χ2n) is 17.7. The smallest absolute Gasteiger partial charge is 0.573 e. The molecule has 2 aromatic heterocycles. The van der Waals surface area contributed by atoms with Crippen molar-refractivity contribution in [3.63, 3.8) is 0 Å². The van der Waals surface area contributed by atoms with E-state index >= 15 is 0 Å². The zero-order chi connectivity index (χ0) is 46.2. The highest BCUT2D eigenvalue weighted by atomic mass is 32.2. The lowest BCUT2D eigenvalue weighted by Gasteiger charge is -2.41. The van der Waals surface area contributed by atoms with Crippen molar-refractivity contribution in [3.05, 3.63) is 78.4 Å². The molecule has 15 nitrogen and oxygen atoms in total. The molecule has 0 bridgehead atoms. The number of halogens is 3. The van der Waals surface area contributed by atoms with E-state index in [0.717, 1.165) is 12.5 Å². The van der Waals surface area contributed by atoms with E-state index in [2.05, 4.69) is 44.1 Å². The molecule has 6 atom stereocenters. The van der Waals surface area contributed by atoms with Gasteiger partial charge in [0.2, 0.25) is 11.8 Å². The topological polar surface area (TPSA) is 185 Å². The number of amides is 4. The van der Waals surface area contributed by atoms with E-state index in [-0.39, 0.29) is 58.0 Å². The Kier molecular flexibility index (Phi) is 13.2. The van der Waals surface area contributed by atoms with Crippen LogP contribution in [0.15, 0.2) is 67.0 Å². The SMILES string of the molecule is COC(=O)N[C@H](C(=O)N1C[C@@H]([S+](C)[O-])C[C@H]1c1nc(-c2ccc(-c3ccc(C(=O)Nc4ccc(N5CCN(C(=O)[C@H]6CC6(C)C)C[C@H]5C)nc4)cc3OC(F)(F)F)cc2)c[nH]1)C(C)C. The molecular weight excluding hydrogens is 854 g/mol. The number of carbonyl (C=O) groups excluding carboxylic acids is 4. The summed E-state index contributed by atoms with van der Waals surface area (Å²) in [4.78, 5) is 70.2. The number of aromatic amines is 1. The molecule has 2 aliphatic heterocycles. The number of nitrogens with zero attached hydrogens (tertiary/aromatic N) is 5. The highest BCUT2D eigenvalue weighted by Gasteiger charge is 2.52. The monoisotopic (exact) mass is 906 g/mol. The van der Waals surface area contributed by atoms with Crippen LogP contribution < -0.4 is 20.3 Å². The Morgan fingerprint density at radius 1 is 1.02 bits per heavy atom. The number of H-pyrrole nitrogens is 1. The molecule has 4 amide bonds. The lowest BCUT2D eigenvalue weighted by molar-refractivity contribution is -0.274. The van der Waals surface area contributed by atoms with Crippen molar-refractivity contribution >= 4 is 46.5 Å². The Labute approximate surface area is 372 Å². The third-order valence-corrected chi connectivity index (χ3v) is 13.6. The highest BCUT2D eigenvalue weighted by Crippen LogP contribution is 2.52. The molecule has 4 aromatic rings. The number of hydrogen-bond acceptors (Lipinski definition) is 10. The summed E-state index contributed by atoms with van der Waals surface area (Å²) in [5, 5.41) is 4.98. The number of rotatable bonds is 12. The number of alkyl halides is 3. The second kappa shape index (κ2) is 18.3. The highest BCUT2D eigenvalue weighted by molar-refractivity contribution is 7.91. The molecule has 1 unspecified atom stereocenters. The third-order valence-electron chi connectivity index (χ3n) is 12.3. The molecule has 7 rings (SSSR count). The first-order valence-corrected chi connectivity index (χ1v) is 22.7. The zero-order valence-electron chi connectivity index (χ0n) is 36.7. The molecule has 3 fully saturated rings. The number of methoxy groups -OCH3 is 1. The molecule has 1 aliphatic carbocycles. The van der Waals surface area contributed by atoms with Crippen LogP contribution in [0.5, 0.6) is 5.75 Å². The molecule has 0 radical (unpaired) electrons. The summed E-state index contributed by atoms with van der Waals surface area (Å²) in [6, 6.07) is 12.4. The van der Waals surface area contributed by atoms with E-state index in [1.54, 1.807) is 67.6 Å². The first-order chi connectivity index (χ1) is 30.2. The number of anilines is 2. The van der Waals surface area contributed by atoms with Crippen LogP contribution in [0.3, 0.4) is 0 Å². The molecule has 19 heteroatoms. The van der Waals surface area contributed by atoms with E-state index in [4.69, 9.17) is 9.72 Å². The number of nitrogens with one attached hydrogen (secondary N) is 3. The van der Waals surface area contributed by atoms with Gasteiger partial charge >= 0.3 is 12.5 Å². The third kappa shape index (κ3) is 10.3. The fraction of sp³-hybridized carbons (Fsp3) is 0.467. The Bertz CT molecular complexity index is 2360. The summed E-state index contributed by atoms with van der Waals surface area (Å²) in [6.07, 6.45) is 0.171. The molecular formula is C45H53F3N8O7S. The first-order valence-electron chi connectivity index (χ1n) is 21.1. The predicted molar refractivity (Wildman–Crippen MR) is 235 cm³/mol. The van der Waals surface area contributed by atoms with Crippen LogP contribution in [0.2, 0.25) is 0 Å². The van der Waals surface area contributed by atoms with Gasteiger partial charge in [-0.15, -0.1) is 13.2 Å². The molecule has 342 valence electrons. The Morgan fingerprint density at radius 2 is 1.72 bits per heavy atom. The summed E-state index contributed by atoms with van der Waals surface area (Å²) in [5.74, 6) is -0.494. The van der Waals surface area contributed by atoms with Crippen molar-refractivity contribution in [2.75, 3.05) is 49.8 Å². The van der Waals surface area contributed by atoms with Crippen LogP contribution in [0, 0.1) is 17.3 Å². The predicted octanol–water partition coefficient (Wildman–Crippen LogP) is 6.77. The summed E-state index contributed by atoms with van der Waals surface area (Å²) < 4.78 is 63.0. The van der Waals surface area contributed by atoms with Gasteiger partial charge in [0.15, 0.2) is 0 Å². The van der Waals surface area contributed by atoms with Crippen LogP contribution in [0.4, 0.5) is 29.5 Å². The minimum absolute atomic E-state index is 0.0191. The van der Waals surface area contributed by atoms with Crippen molar-refractivity contribution in [3.8, 4) is 28.1 Å². The Hall–Kier alpha value is -5.82. The fourth-order valence-corrected chi connectivity index (χ4v) is 9.27. The summed E-state index contributed by atoms with van der Waals surface area (Å²) >= 11 is -1.25. The molecule has 2 aromatic carbocycles. The first kappa shape index (κ1) is 46.2. The summed E-state index contributed by atoms with van der Waals surface area (Å²) in [5.41, 5.74) is 1.89. The molecule has 4 heterocycles. The van der Waals surface area contributed by atoms with Crippen LogP contribution >= 0.6 is 0 Å². The molecule has 64 heavy (non-hydrogen) atoms. The number of hydrogen-bond donors (Lipinski definition) is 3. The van der Waals surface area contributed by atoms with E-state index in [1.165, 1.54) is 25.4 Å². The second-order valence-corrected chi connectivity index (χ2v) is 19.3. The maximum absolute atomic E-state index is 13.8. The summed E-state index contributed by atoms with van der Waals surface area (Å²) in [7, 11) is 1.21. The number of likely N-dealkylation sites (tertiary alicyclic amines) is 1. The largest absolute Gasteiger partial charge is 0.616 e. The number of benzene rings is 2. The van der Waals surface area contributed by atoms with Crippen molar-refractivity contribution in [1.29, 1.82) is 0 Å². The van der Waals surface area contributed by atoms with Crippen molar-refractivity contribution < 1.29 is 46.4 Å². The number of piperazine rings is 1. The number of ether oxygens (including phenoxy) is 2. The van der Waals surface area contributed by atoms with Crippen LogP contribution in [0.1, 0.15) is 69.7 Å².